The van der Waals surface area contributed by atoms with Gasteiger partial charge in [-0.2, -0.15) is 0 Å². The van der Waals surface area contributed by atoms with Crippen LogP contribution in [0.1, 0.15) is 30.3 Å². The average Bonchev–Trinajstić information content (AvgIpc) is 2.89. The summed E-state index contributed by atoms with van der Waals surface area (Å²) in [4.78, 5) is 21.5. The van der Waals surface area contributed by atoms with Crippen LogP contribution in [0.2, 0.25) is 5.15 Å². The first-order valence-electron chi connectivity index (χ1n) is 7.21. The third kappa shape index (κ3) is 3.02. The van der Waals surface area contributed by atoms with Gasteiger partial charge in [0.2, 0.25) is 0 Å². The van der Waals surface area contributed by atoms with Gasteiger partial charge in [-0.05, 0) is 28.8 Å². The van der Waals surface area contributed by atoms with Gasteiger partial charge in [0, 0.05) is 26.1 Å². The number of nitrogens with zero attached hydrogens (tertiary/aromatic N) is 4. The summed E-state index contributed by atoms with van der Waals surface area (Å²) < 4.78 is 7.77. The maximum absolute atomic E-state index is 11.3. The number of hydrogen-bond donors (Lipinski definition) is 1. The van der Waals surface area contributed by atoms with E-state index in [0.29, 0.717) is 35.0 Å². The molecule has 124 valence electrons. The number of amides is 1. The van der Waals surface area contributed by atoms with E-state index in [1.165, 1.54) is 4.90 Å². The smallest absolute Gasteiger partial charge is 0.407 e. The molecular formula is C14H16BrClN4O3. The molecule has 3 rings (SSSR count). The maximum atomic E-state index is 11.3. The van der Waals surface area contributed by atoms with Gasteiger partial charge in [0.25, 0.3) is 0 Å². The van der Waals surface area contributed by atoms with Crippen LogP contribution in [0.5, 0.6) is 0 Å². The van der Waals surface area contributed by atoms with E-state index in [1.54, 1.807) is 13.3 Å². The van der Waals surface area contributed by atoms with E-state index in [4.69, 9.17) is 16.3 Å². The Labute approximate surface area is 146 Å². The van der Waals surface area contributed by atoms with E-state index in [2.05, 4.69) is 25.9 Å². The minimum Gasteiger partial charge on any atom is -0.465 e. The Balaban J connectivity index is 2.10. The molecule has 0 aromatic carbocycles. The van der Waals surface area contributed by atoms with Crippen molar-refractivity contribution in [3.8, 4) is 0 Å². The van der Waals surface area contributed by atoms with E-state index in [-0.39, 0.29) is 5.92 Å². The highest BCUT2D eigenvalue weighted by Gasteiger charge is 2.29. The highest BCUT2D eigenvalue weighted by molar-refractivity contribution is 9.10. The van der Waals surface area contributed by atoms with Crippen molar-refractivity contribution >= 4 is 39.1 Å². The van der Waals surface area contributed by atoms with Crippen molar-refractivity contribution < 1.29 is 14.6 Å². The second-order valence-electron chi connectivity index (χ2n) is 5.49. The maximum Gasteiger partial charge on any atom is 0.407 e. The van der Waals surface area contributed by atoms with Gasteiger partial charge in [-0.15, -0.1) is 0 Å². The molecular weight excluding hydrogens is 388 g/mol. The van der Waals surface area contributed by atoms with Gasteiger partial charge in [-0.25, -0.2) is 14.8 Å². The van der Waals surface area contributed by atoms with E-state index in [9.17, 15) is 9.90 Å². The van der Waals surface area contributed by atoms with Crippen LogP contribution in [0.25, 0.3) is 5.52 Å². The largest absolute Gasteiger partial charge is 0.465 e. The topological polar surface area (TPSA) is 80.0 Å². The third-order valence-electron chi connectivity index (χ3n) is 4.02. The molecule has 9 heteroatoms. The summed E-state index contributed by atoms with van der Waals surface area (Å²) in [6, 6.07) is 0. The summed E-state index contributed by atoms with van der Waals surface area (Å²) in [5.74, 6) is 0.793. The van der Waals surface area contributed by atoms with Gasteiger partial charge in [-0.1, -0.05) is 11.6 Å². The highest BCUT2D eigenvalue weighted by Crippen LogP contribution is 2.33. The van der Waals surface area contributed by atoms with E-state index in [0.717, 1.165) is 24.4 Å². The monoisotopic (exact) mass is 402 g/mol. The van der Waals surface area contributed by atoms with Crippen molar-refractivity contribution in [1.29, 1.82) is 0 Å². The van der Waals surface area contributed by atoms with Crippen molar-refractivity contribution in [1.82, 2.24) is 19.3 Å². The minimum atomic E-state index is -0.897. The molecule has 0 saturated carbocycles. The normalized spacial score (nSPS) is 18.6. The molecule has 3 heterocycles. The first-order valence-corrected chi connectivity index (χ1v) is 8.38. The molecule has 2 aromatic heterocycles. The van der Waals surface area contributed by atoms with Crippen LogP contribution in [0, 0.1) is 0 Å². The highest BCUT2D eigenvalue weighted by atomic mass is 79.9. The Morgan fingerprint density at radius 2 is 2.39 bits per heavy atom. The lowest BCUT2D eigenvalue weighted by molar-refractivity contribution is 0.129. The van der Waals surface area contributed by atoms with E-state index < -0.39 is 6.09 Å². The molecule has 1 fully saturated rings. The zero-order valence-corrected chi connectivity index (χ0v) is 14.8. The van der Waals surface area contributed by atoms with Gasteiger partial charge < -0.3 is 14.7 Å². The zero-order valence-electron chi connectivity index (χ0n) is 12.5. The molecule has 0 radical (unpaired) electrons. The van der Waals surface area contributed by atoms with Gasteiger partial charge in [0.15, 0.2) is 5.15 Å². The number of carbonyl (C=O) groups is 1. The first kappa shape index (κ1) is 16.5. The number of likely N-dealkylation sites (tertiary alicyclic amines) is 1. The number of fused-ring (bicyclic) bond motifs is 1. The molecule has 7 nitrogen and oxygen atoms in total. The van der Waals surface area contributed by atoms with Crippen LogP contribution in [0.3, 0.4) is 0 Å². The SMILES string of the molecule is COCc1cnc(Cl)c2c(Br)nc([C@@H]3CCCN(C(=O)O)C3)n12. The minimum absolute atomic E-state index is 0.00715. The molecule has 0 spiro atoms. The van der Waals surface area contributed by atoms with Crippen LogP contribution < -0.4 is 0 Å². The number of halogens is 2. The fourth-order valence-corrected chi connectivity index (χ4v) is 3.90. The Morgan fingerprint density at radius 1 is 1.61 bits per heavy atom. The van der Waals surface area contributed by atoms with Crippen molar-refractivity contribution in [2.75, 3.05) is 20.2 Å². The number of imidazole rings is 1. The Bertz CT molecular complexity index is 751. The van der Waals surface area contributed by atoms with Gasteiger partial charge in [0.05, 0.1) is 18.5 Å². The van der Waals surface area contributed by atoms with Crippen LogP contribution in [-0.2, 0) is 11.3 Å². The number of piperidine rings is 1. The second kappa shape index (κ2) is 6.62. The van der Waals surface area contributed by atoms with Crippen molar-refractivity contribution in [3.05, 3.63) is 27.5 Å². The van der Waals surface area contributed by atoms with Crippen LogP contribution in [-0.4, -0.2) is 50.7 Å². The Morgan fingerprint density at radius 3 is 3.09 bits per heavy atom. The Kier molecular flexibility index (Phi) is 4.74. The summed E-state index contributed by atoms with van der Waals surface area (Å²) in [7, 11) is 1.61. The standard InChI is InChI=1S/C14H16BrClN4O3/c1-23-7-9-5-17-12(16)10-11(15)18-13(20(9)10)8-3-2-4-19(6-8)14(21)22/h5,8H,2-4,6-7H2,1H3,(H,21,22)/t8-/m1/s1. The van der Waals surface area contributed by atoms with Crippen LogP contribution in [0.15, 0.2) is 10.8 Å². The summed E-state index contributed by atoms with van der Waals surface area (Å²) in [5.41, 5.74) is 1.51. The fraction of sp³-hybridized carbons (Fsp3) is 0.500. The summed E-state index contributed by atoms with van der Waals surface area (Å²) in [6.07, 6.45) is 2.45. The molecule has 0 bridgehead atoms. The third-order valence-corrected chi connectivity index (χ3v) is 4.85. The van der Waals surface area contributed by atoms with Gasteiger partial charge in [-0.3, -0.25) is 4.40 Å². The first-order chi connectivity index (χ1) is 11.0. The summed E-state index contributed by atoms with van der Waals surface area (Å²) >= 11 is 9.66. The number of aromatic nitrogens is 3. The molecule has 1 atom stereocenters. The summed E-state index contributed by atoms with van der Waals surface area (Å²) in [6.45, 7) is 1.35. The van der Waals surface area contributed by atoms with E-state index >= 15 is 0 Å². The molecule has 1 saturated heterocycles. The average molecular weight is 404 g/mol. The number of hydrogen-bond acceptors (Lipinski definition) is 4. The predicted molar refractivity (Wildman–Crippen MR) is 88.0 cm³/mol. The number of carboxylic acid groups (broad SMARTS) is 1. The van der Waals surface area contributed by atoms with Crippen molar-refractivity contribution in [3.63, 3.8) is 0 Å². The molecule has 1 N–H and O–H groups in total. The fourth-order valence-electron chi connectivity index (χ4n) is 3.01. The van der Waals surface area contributed by atoms with Crippen LogP contribution >= 0.6 is 27.5 Å². The lowest BCUT2D eigenvalue weighted by Crippen LogP contribution is -2.38. The van der Waals surface area contributed by atoms with Crippen molar-refractivity contribution in [2.45, 2.75) is 25.4 Å². The van der Waals surface area contributed by atoms with Crippen molar-refractivity contribution in [2.24, 2.45) is 0 Å². The quantitative estimate of drug-likeness (QED) is 0.851. The molecule has 1 amide bonds. The van der Waals surface area contributed by atoms with Gasteiger partial charge >= 0.3 is 6.09 Å². The molecule has 0 aliphatic carbocycles. The van der Waals surface area contributed by atoms with Crippen LogP contribution in [0.4, 0.5) is 4.79 Å². The van der Waals surface area contributed by atoms with Gasteiger partial charge in [0.1, 0.15) is 15.9 Å². The zero-order chi connectivity index (χ0) is 16.6. The Hall–Kier alpha value is -1.38. The molecule has 1 aliphatic heterocycles. The molecule has 0 unspecified atom stereocenters. The molecule has 1 aliphatic rings. The van der Waals surface area contributed by atoms with E-state index in [1.807, 2.05) is 4.40 Å². The second-order valence-corrected chi connectivity index (χ2v) is 6.60. The molecule has 2 aromatic rings. The number of rotatable bonds is 3. The lowest BCUT2D eigenvalue weighted by Gasteiger charge is -2.30. The number of ether oxygens (including phenoxy) is 1. The predicted octanol–water partition coefficient (Wildman–Crippen LogP) is 3.15. The lowest BCUT2D eigenvalue weighted by atomic mass is 9.97. The number of methoxy groups -OCH3 is 1. The molecule has 23 heavy (non-hydrogen) atoms. The summed E-state index contributed by atoms with van der Waals surface area (Å²) in [5, 5.41) is 9.59.